The third-order valence-corrected chi connectivity index (χ3v) is 5.17. The molecule has 2 amide bonds. The van der Waals surface area contributed by atoms with Crippen molar-refractivity contribution in [1.29, 1.82) is 0 Å². The van der Waals surface area contributed by atoms with Gasteiger partial charge in [-0.1, -0.05) is 6.07 Å². The van der Waals surface area contributed by atoms with E-state index < -0.39 is 29.4 Å². The fourth-order valence-electron chi connectivity index (χ4n) is 3.44. The molecular weight excluding hydrogens is 492 g/mol. The Morgan fingerprint density at radius 1 is 0.919 bits per heavy atom. The van der Waals surface area contributed by atoms with E-state index >= 15 is 0 Å². The molecule has 0 atom stereocenters. The second-order valence-electron chi connectivity index (χ2n) is 7.86. The van der Waals surface area contributed by atoms with Crippen LogP contribution in [0.25, 0.3) is 11.0 Å². The summed E-state index contributed by atoms with van der Waals surface area (Å²) in [5, 5.41) is 7.57. The van der Waals surface area contributed by atoms with Crippen molar-refractivity contribution in [1.82, 2.24) is 9.97 Å². The highest BCUT2D eigenvalue weighted by Gasteiger charge is 2.30. The molecule has 4 rings (SSSR count). The quantitative estimate of drug-likeness (QED) is 0.204. The van der Waals surface area contributed by atoms with E-state index in [1.165, 1.54) is 36.5 Å². The highest BCUT2D eigenvalue weighted by molar-refractivity contribution is 6.10. The first-order valence-corrected chi connectivity index (χ1v) is 10.9. The van der Waals surface area contributed by atoms with Crippen molar-refractivity contribution >= 4 is 40.0 Å². The van der Waals surface area contributed by atoms with E-state index in [1.807, 2.05) is 0 Å². The Balaban J connectivity index is 1.48. The van der Waals surface area contributed by atoms with Crippen molar-refractivity contribution in [3.05, 3.63) is 89.4 Å². The number of carbonyl (C=O) groups excluding carboxylic acids is 2. The van der Waals surface area contributed by atoms with Gasteiger partial charge in [0.05, 0.1) is 28.4 Å². The fraction of sp³-hybridized carbons (Fsp3) is 0.120. The van der Waals surface area contributed by atoms with Crippen LogP contribution in [0, 0.1) is 5.82 Å². The lowest BCUT2D eigenvalue weighted by molar-refractivity contribution is -0.137. The molecule has 1 aromatic heterocycles. The topological polar surface area (TPSA) is 122 Å². The van der Waals surface area contributed by atoms with Gasteiger partial charge in [0.25, 0.3) is 0 Å². The van der Waals surface area contributed by atoms with Gasteiger partial charge in [0.1, 0.15) is 11.6 Å². The number of nitrogens with zero attached hydrogens (tertiary/aromatic N) is 2. The number of halogens is 4. The van der Waals surface area contributed by atoms with E-state index in [4.69, 9.17) is 5.73 Å². The van der Waals surface area contributed by atoms with Crippen LogP contribution in [0.5, 0.6) is 0 Å². The van der Waals surface area contributed by atoms with Crippen LogP contribution < -0.4 is 21.7 Å². The molecule has 0 bridgehead atoms. The summed E-state index contributed by atoms with van der Waals surface area (Å²) in [7, 11) is 0. The molecule has 3 aromatic carbocycles. The highest BCUT2D eigenvalue weighted by atomic mass is 19.4. The van der Waals surface area contributed by atoms with Crippen molar-refractivity contribution in [2.24, 2.45) is 5.73 Å². The number of benzene rings is 3. The van der Waals surface area contributed by atoms with Crippen LogP contribution in [-0.2, 0) is 6.18 Å². The lowest BCUT2D eigenvalue weighted by Crippen LogP contribution is -2.20. The van der Waals surface area contributed by atoms with Crippen LogP contribution in [0.2, 0.25) is 0 Å². The molecule has 0 spiro atoms. The summed E-state index contributed by atoms with van der Waals surface area (Å²) in [4.78, 5) is 33.8. The SMILES string of the molecule is NCCNc1cnc2ccc(C(=O)c3ccc(NC(=O)Nc4cccc(C(F)(F)F)c4)cc3F)cc2n1. The number of hydrogen-bond donors (Lipinski definition) is 4. The van der Waals surface area contributed by atoms with Gasteiger partial charge in [0.15, 0.2) is 5.78 Å². The third kappa shape index (κ3) is 6.16. The van der Waals surface area contributed by atoms with Gasteiger partial charge in [-0.25, -0.2) is 14.2 Å². The Hall–Kier alpha value is -4.58. The number of hydrogen-bond acceptors (Lipinski definition) is 6. The maximum absolute atomic E-state index is 14.8. The number of fused-ring (bicyclic) bond motifs is 1. The largest absolute Gasteiger partial charge is 0.416 e. The average Bonchev–Trinajstić information content (AvgIpc) is 2.86. The summed E-state index contributed by atoms with van der Waals surface area (Å²) in [5.41, 5.74) is 5.35. The third-order valence-electron chi connectivity index (χ3n) is 5.17. The molecule has 0 aliphatic heterocycles. The van der Waals surface area contributed by atoms with Gasteiger partial charge in [-0.2, -0.15) is 13.2 Å². The van der Waals surface area contributed by atoms with Crippen molar-refractivity contribution in [3.63, 3.8) is 0 Å². The molecule has 190 valence electrons. The molecule has 4 aromatic rings. The number of alkyl halides is 3. The van der Waals surface area contributed by atoms with Crippen molar-refractivity contribution in [3.8, 4) is 0 Å². The molecule has 37 heavy (non-hydrogen) atoms. The predicted octanol–water partition coefficient (Wildman–Crippen LogP) is 5.03. The van der Waals surface area contributed by atoms with Crippen molar-refractivity contribution in [2.75, 3.05) is 29.0 Å². The molecule has 8 nitrogen and oxygen atoms in total. The molecule has 1 heterocycles. The van der Waals surface area contributed by atoms with Gasteiger partial charge in [-0.05, 0) is 54.6 Å². The normalized spacial score (nSPS) is 11.3. The number of anilines is 3. The molecule has 0 fully saturated rings. The molecule has 0 aliphatic carbocycles. The first kappa shape index (κ1) is 25.5. The van der Waals surface area contributed by atoms with Crippen LogP contribution in [0.3, 0.4) is 0 Å². The molecule has 0 unspecified atom stereocenters. The average molecular weight is 512 g/mol. The number of nitrogens with one attached hydrogen (secondary N) is 3. The van der Waals surface area contributed by atoms with Gasteiger partial charge < -0.3 is 21.7 Å². The minimum atomic E-state index is -4.57. The molecular formula is C25H20F4N6O2. The maximum Gasteiger partial charge on any atom is 0.416 e. The first-order valence-electron chi connectivity index (χ1n) is 10.9. The second kappa shape index (κ2) is 10.6. The number of urea groups is 1. The lowest BCUT2D eigenvalue weighted by atomic mass is 10.0. The van der Waals surface area contributed by atoms with Gasteiger partial charge in [-0.15, -0.1) is 0 Å². The number of amides is 2. The minimum absolute atomic E-state index is 0.00137. The molecule has 0 saturated carbocycles. The van der Waals surface area contributed by atoms with E-state index in [2.05, 4.69) is 25.9 Å². The van der Waals surface area contributed by atoms with Gasteiger partial charge in [-0.3, -0.25) is 9.78 Å². The number of nitrogens with two attached hydrogens (primary N) is 1. The van der Waals surface area contributed by atoms with Crippen molar-refractivity contribution < 1.29 is 27.2 Å². The Bertz CT molecular complexity index is 1480. The molecule has 0 saturated heterocycles. The van der Waals surface area contributed by atoms with E-state index in [0.717, 1.165) is 24.3 Å². The number of ketones is 1. The first-order chi connectivity index (χ1) is 17.6. The van der Waals surface area contributed by atoms with E-state index in [0.29, 0.717) is 29.9 Å². The van der Waals surface area contributed by atoms with Gasteiger partial charge in [0, 0.05) is 30.0 Å². The summed E-state index contributed by atoms with van der Waals surface area (Å²) in [6.07, 6.45) is -3.03. The number of aromatic nitrogens is 2. The Kier molecular flexibility index (Phi) is 7.30. The van der Waals surface area contributed by atoms with Gasteiger partial charge >= 0.3 is 12.2 Å². The minimum Gasteiger partial charge on any atom is -0.368 e. The van der Waals surface area contributed by atoms with Crippen LogP contribution in [-0.4, -0.2) is 34.9 Å². The van der Waals surface area contributed by atoms with Crippen LogP contribution in [0.15, 0.2) is 66.9 Å². The van der Waals surface area contributed by atoms with Crippen LogP contribution >= 0.6 is 0 Å². The standard InChI is InChI=1S/C25H20F4N6O2/c26-19-12-17(34-24(37)33-16-3-1-2-15(11-16)25(27,28)29)5-6-18(19)23(36)14-4-7-20-21(10-14)35-22(13-32-20)31-9-8-30/h1-7,10-13H,8-9,30H2,(H,31,35)(H2,33,34,37). The molecule has 12 heteroatoms. The van der Waals surface area contributed by atoms with Crippen LogP contribution in [0.4, 0.5) is 39.5 Å². The lowest BCUT2D eigenvalue weighted by Gasteiger charge is -2.11. The Labute approximate surface area is 207 Å². The summed E-state index contributed by atoms with van der Waals surface area (Å²) in [6.45, 7) is 0.887. The van der Waals surface area contributed by atoms with E-state index in [-0.39, 0.29) is 22.5 Å². The number of rotatable bonds is 7. The summed E-state index contributed by atoms with van der Waals surface area (Å²) in [6, 6.07) is 11.2. The van der Waals surface area contributed by atoms with Crippen molar-refractivity contribution in [2.45, 2.75) is 6.18 Å². The predicted molar refractivity (Wildman–Crippen MR) is 131 cm³/mol. The van der Waals surface area contributed by atoms with Gasteiger partial charge in [0.2, 0.25) is 0 Å². The highest BCUT2D eigenvalue weighted by Crippen LogP contribution is 2.30. The Morgan fingerprint density at radius 2 is 1.68 bits per heavy atom. The smallest absolute Gasteiger partial charge is 0.368 e. The van der Waals surface area contributed by atoms with Crippen LogP contribution in [0.1, 0.15) is 21.5 Å². The zero-order valence-electron chi connectivity index (χ0n) is 19.1. The van der Waals surface area contributed by atoms with E-state index in [1.54, 1.807) is 6.07 Å². The molecule has 0 radical (unpaired) electrons. The maximum atomic E-state index is 14.8. The number of carbonyl (C=O) groups is 2. The summed E-state index contributed by atoms with van der Waals surface area (Å²) < 4.78 is 53.3. The molecule has 0 aliphatic rings. The fourth-order valence-corrected chi connectivity index (χ4v) is 3.44. The van der Waals surface area contributed by atoms with E-state index in [9.17, 15) is 27.2 Å². The molecule has 5 N–H and O–H groups in total. The Morgan fingerprint density at radius 3 is 2.38 bits per heavy atom. The zero-order chi connectivity index (χ0) is 26.6. The second-order valence-corrected chi connectivity index (χ2v) is 7.86. The monoisotopic (exact) mass is 512 g/mol. The summed E-state index contributed by atoms with van der Waals surface area (Å²) in [5.74, 6) is -1.03. The zero-order valence-corrected chi connectivity index (χ0v) is 19.1. The summed E-state index contributed by atoms with van der Waals surface area (Å²) >= 11 is 0.